The van der Waals surface area contributed by atoms with Gasteiger partial charge in [-0.15, -0.1) is 0 Å². The van der Waals surface area contributed by atoms with Gasteiger partial charge in [-0.25, -0.2) is 0 Å². The third-order valence-corrected chi connectivity index (χ3v) is 3.46. The van der Waals surface area contributed by atoms with E-state index in [4.69, 9.17) is 10.5 Å². The van der Waals surface area contributed by atoms with E-state index in [9.17, 15) is 4.79 Å². The van der Waals surface area contributed by atoms with Crippen LogP contribution in [0.5, 0.6) is 5.75 Å². The van der Waals surface area contributed by atoms with Gasteiger partial charge in [-0.1, -0.05) is 12.1 Å². The van der Waals surface area contributed by atoms with Crippen molar-refractivity contribution in [3.63, 3.8) is 0 Å². The minimum Gasteiger partial charge on any atom is -0.481 e. The van der Waals surface area contributed by atoms with Gasteiger partial charge in [0.15, 0.2) is 6.10 Å². The van der Waals surface area contributed by atoms with Gasteiger partial charge in [-0.3, -0.25) is 4.79 Å². The summed E-state index contributed by atoms with van der Waals surface area (Å²) in [6, 6.07) is 7.59. The smallest absolute Gasteiger partial charge is 0.263 e. The Morgan fingerprint density at radius 3 is 2.63 bits per heavy atom. The molecule has 2 atom stereocenters. The fourth-order valence-electron chi connectivity index (χ4n) is 2.32. The summed E-state index contributed by atoms with van der Waals surface area (Å²) in [5.74, 6) is 0.776. The normalized spacial score (nSPS) is 18.2. The fourth-order valence-corrected chi connectivity index (χ4v) is 2.32. The Hall–Kier alpha value is -1.55. The molecule has 2 unspecified atom stereocenters. The maximum absolute atomic E-state index is 12.1. The average Bonchev–Trinajstić information content (AvgIpc) is 2.92. The van der Waals surface area contributed by atoms with Crippen molar-refractivity contribution in [1.29, 1.82) is 0 Å². The summed E-state index contributed by atoms with van der Waals surface area (Å²) >= 11 is 0. The summed E-state index contributed by atoms with van der Waals surface area (Å²) in [5, 5.41) is 0. The molecule has 1 aromatic rings. The standard InChI is InChI=1S/C15H22N2O2/c1-11(16)13-6-5-7-14(10-13)19-12(2)15(18)17-8-3-4-9-17/h5-7,10-12H,3-4,8-9,16H2,1-2H3. The van der Waals surface area contributed by atoms with Crippen molar-refractivity contribution in [3.05, 3.63) is 29.8 Å². The molecule has 104 valence electrons. The maximum Gasteiger partial charge on any atom is 0.263 e. The average molecular weight is 262 g/mol. The van der Waals surface area contributed by atoms with Crippen LogP contribution in [0.25, 0.3) is 0 Å². The third kappa shape index (κ3) is 3.47. The maximum atomic E-state index is 12.1. The summed E-state index contributed by atoms with van der Waals surface area (Å²) < 4.78 is 5.73. The molecule has 4 nitrogen and oxygen atoms in total. The Bertz CT molecular complexity index is 440. The highest BCUT2D eigenvalue weighted by atomic mass is 16.5. The topological polar surface area (TPSA) is 55.6 Å². The molecular weight excluding hydrogens is 240 g/mol. The summed E-state index contributed by atoms with van der Waals surface area (Å²) in [6.07, 6.45) is 1.75. The lowest BCUT2D eigenvalue weighted by atomic mass is 10.1. The zero-order valence-corrected chi connectivity index (χ0v) is 11.6. The van der Waals surface area contributed by atoms with Crippen LogP contribution in [0.3, 0.4) is 0 Å². The van der Waals surface area contributed by atoms with Gasteiger partial charge >= 0.3 is 0 Å². The number of likely N-dealkylation sites (tertiary alicyclic amines) is 1. The first-order valence-corrected chi connectivity index (χ1v) is 6.89. The predicted molar refractivity (Wildman–Crippen MR) is 74.9 cm³/mol. The molecule has 1 aliphatic rings. The van der Waals surface area contributed by atoms with Gasteiger partial charge in [0.25, 0.3) is 5.91 Å². The first kappa shape index (κ1) is 13.9. The molecule has 0 radical (unpaired) electrons. The Morgan fingerprint density at radius 1 is 1.32 bits per heavy atom. The zero-order chi connectivity index (χ0) is 13.8. The van der Waals surface area contributed by atoms with E-state index in [1.165, 1.54) is 0 Å². The van der Waals surface area contributed by atoms with Crippen LogP contribution < -0.4 is 10.5 Å². The van der Waals surface area contributed by atoms with Gasteiger partial charge in [-0.05, 0) is 44.4 Å². The summed E-state index contributed by atoms with van der Waals surface area (Å²) in [7, 11) is 0. The number of nitrogens with zero attached hydrogens (tertiary/aromatic N) is 1. The number of rotatable bonds is 4. The Balaban J connectivity index is 1.99. The van der Waals surface area contributed by atoms with Crippen LogP contribution in [0.4, 0.5) is 0 Å². The fraction of sp³-hybridized carbons (Fsp3) is 0.533. The van der Waals surface area contributed by atoms with E-state index in [0.29, 0.717) is 5.75 Å². The summed E-state index contributed by atoms with van der Waals surface area (Å²) in [5.41, 5.74) is 6.85. The molecule has 0 aromatic heterocycles. The van der Waals surface area contributed by atoms with E-state index >= 15 is 0 Å². The van der Waals surface area contributed by atoms with Gasteiger partial charge in [0.05, 0.1) is 0 Å². The molecule has 0 spiro atoms. The Labute approximate surface area is 114 Å². The molecule has 0 aliphatic carbocycles. The van der Waals surface area contributed by atoms with E-state index in [1.807, 2.05) is 36.1 Å². The number of carbonyl (C=O) groups is 1. The first-order valence-electron chi connectivity index (χ1n) is 6.89. The number of amides is 1. The van der Waals surface area contributed by atoms with E-state index < -0.39 is 6.10 Å². The van der Waals surface area contributed by atoms with E-state index in [1.54, 1.807) is 6.92 Å². The SMILES string of the molecule is CC(Oc1cccc(C(C)N)c1)C(=O)N1CCCC1. The van der Waals surface area contributed by atoms with Crippen LogP contribution >= 0.6 is 0 Å². The van der Waals surface area contributed by atoms with Gasteiger partial charge in [0.1, 0.15) is 5.75 Å². The quantitative estimate of drug-likeness (QED) is 0.904. The summed E-state index contributed by atoms with van der Waals surface area (Å²) in [4.78, 5) is 14.0. The highest BCUT2D eigenvalue weighted by Crippen LogP contribution is 2.19. The first-order chi connectivity index (χ1) is 9.08. The van der Waals surface area contributed by atoms with Crippen LogP contribution in [0, 0.1) is 0 Å². The van der Waals surface area contributed by atoms with Gasteiger partial charge < -0.3 is 15.4 Å². The summed E-state index contributed by atoms with van der Waals surface area (Å²) in [6.45, 7) is 5.44. The lowest BCUT2D eigenvalue weighted by molar-refractivity contribution is -0.136. The molecule has 2 rings (SSSR count). The van der Waals surface area contributed by atoms with Crippen molar-refractivity contribution < 1.29 is 9.53 Å². The molecule has 1 heterocycles. The largest absolute Gasteiger partial charge is 0.481 e. The van der Waals surface area contributed by atoms with E-state index in [2.05, 4.69) is 0 Å². The van der Waals surface area contributed by atoms with Crippen molar-refractivity contribution in [1.82, 2.24) is 4.90 Å². The minimum absolute atomic E-state index is 0.0341. The van der Waals surface area contributed by atoms with Crippen molar-refractivity contribution in [2.24, 2.45) is 5.73 Å². The van der Waals surface area contributed by atoms with Crippen LogP contribution in [0.2, 0.25) is 0 Å². The predicted octanol–water partition coefficient (Wildman–Crippen LogP) is 2.10. The van der Waals surface area contributed by atoms with Crippen LogP contribution in [-0.4, -0.2) is 30.0 Å². The number of carbonyl (C=O) groups excluding carboxylic acids is 1. The van der Waals surface area contributed by atoms with E-state index in [-0.39, 0.29) is 11.9 Å². The number of ether oxygens (including phenoxy) is 1. The monoisotopic (exact) mass is 262 g/mol. The minimum atomic E-state index is -0.443. The molecule has 2 N–H and O–H groups in total. The molecule has 0 bridgehead atoms. The second kappa shape index (κ2) is 6.06. The van der Waals surface area contributed by atoms with Crippen LogP contribution in [0.1, 0.15) is 38.3 Å². The Kier molecular flexibility index (Phi) is 4.43. The van der Waals surface area contributed by atoms with Crippen molar-refractivity contribution in [2.45, 2.75) is 38.8 Å². The van der Waals surface area contributed by atoms with Crippen molar-refractivity contribution >= 4 is 5.91 Å². The zero-order valence-electron chi connectivity index (χ0n) is 11.6. The van der Waals surface area contributed by atoms with Crippen LogP contribution in [-0.2, 0) is 4.79 Å². The van der Waals surface area contributed by atoms with Gasteiger partial charge in [0.2, 0.25) is 0 Å². The van der Waals surface area contributed by atoms with Crippen molar-refractivity contribution in [2.75, 3.05) is 13.1 Å². The van der Waals surface area contributed by atoms with E-state index in [0.717, 1.165) is 31.5 Å². The highest BCUT2D eigenvalue weighted by molar-refractivity contribution is 5.81. The lowest BCUT2D eigenvalue weighted by Crippen LogP contribution is -2.38. The second-order valence-electron chi connectivity index (χ2n) is 5.15. The van der Waals surface area contributed by atoms with Crippen molar-refractivity contribution in [3.8, 4) is 5.75 Å². The number of hydrogen-bond donors (Lipinski definition) is 1. The Morgan fingerprint density at radius 2 is 2.00 bits per heavy atom. The van der Waals surface area contributed by atoms with Gasteiger partial charge in [0, 0.05) is 19.1 Å². The number of benzene rings is 1. The number of hydrogen-bond acceptors (Lipinski definition) is 3. The number of nitrogens with two attached hydrogens (primary N) is 1. The molecule has 1 aliphatic heterocycles. The molecule has 4 heteroatoms. The molecule has 1 saturated heterocycles. The van der Waals surface area contributed by atoms with Gasteiger partial charge in [-0.2, -0.15) is 0 Å². The van der Waals surface area contributed by atoms with Crippen LogP contribution in [0.15, 0.2) is 24.3 Å². The molecule has 1 amide bonds. The molecule has 0 saturated carbocycles. The highest BCUT2D eigenvalue weighted by Gasteiger charge is 2.24. The molecule has 1 aromatic carbocycles. The second-order valence-corrected chi connectivity index (χ2v) is 5.15. The molecular formula is C15H22N2O2. The molecule has 19 heavy (non-hydrogen) atoms. The lowest BCUT2D eigenvalue weighted by Gasteiger charge is -2.21. The molecule has 1 fully saturated rings. The third-order valence-electron chi connectivity index (χ3n) is 3.46.